The summed E-state index contributed by atoms with van der Waals surface area (Å²) in [4.78, 5) is 39.1. The first kappa shape index (κ1) is 24.7. The Hall–Kier alpha value is -3.42. The first-order valence-electron chi connectivity index (χ1n) is 12.2. The maximum atomic E-state index is 13.5. The van der Waals surface area contributed by atoms with Gasteiger partial charge in [-0.05, 0) is 58.2 Å². The number of hydrogen-bond donors (Lipinski definition) is 0. The van der Waals surface area contributed by atoms with Crippen molar-refractivity contribution in [1.29, 1.82) is 0 Å². The summed E-state index contributed by atoms with van der Waals surface area (Å²) < 4.78 is 7.27. The zero-order valence-electron chi connectivity index (χ0n) is 21.6. The molecule has 4 rings (SSSR count). The van der Waals surface area contributed by atoms with Crippen LogP contribution in [0.5, 0.6) is 0 Å². The van der Waals surface area contributed by atoms with Crippen molar-refractivity contribution in [3.05, 3.63) is 58.8 Å². The third-order valence-electron chi connectivity index (χ3n) is 6.36. The van der Waals surface area contributed by atoms with E-state index in [0.717, 1.165) is 16.6 Å². The average Bonchev–Trinajstić information content (AvgIpc) is 2.78. The summed E-state index contributed by atoms with van der Waals surface area (Å²) in [7, 11) is 0. The highest BCUT2D eigenvalue weighted by Gasteiger charge is 2.36. The van der Waals surface area contributed by atoms with Crippen molar-refractivity contribution in [2.45, 2.75) is 72.1 Å². The number of fused-ring (bicyclic) bond motifs is 1. The Morgan fingerprint density at radius 3 is 2.49 bits per heavy atom. The standard InChI is InChI=1S/C27H35N5O3/c1-17(2)20-10-8-9-11-22(20)32-23-14-28-13-12-21(23)24(29-25(32)33)30-15-19(4)31(16-18(30)3)26(34)35-27(5,6)7/h8-14,17-19H,15-16H2,1-7H3/t18-,19+/m0/s1. The molecule has 0 radical (unpaired) electrons. The largest absolute Gasteiger partial charge is 0.444 e. The zero-order chi connectivity index (χ0) is 25.5. The molecule has 2 atom stereocenters. The third kappa shape index (κ3) is 4.88. The van der Waals surface area contributed by atoms with E-state index in [2.05, 4.69) is 28.7 Å². The molecule has 0 saturated carbocycles. The van der Waals surface area contributed by atoms with Crippen molar-refractivity contribution in [2.24, 2.45) is 0 Å². The van der Waals surface area contributed by atoms with Crippen LogP contribution in [-0.4, -0.2) is 56.3 Å². The molecule has 1 aliphatic heterocycles. The van der Waals surface area contributed by atoms with Gasteiger partial charge in [0.05, 0.1) is 17.4 Å². The Labute approximate surface area is 206 Å². The number of rotatable bonds is 3. The van der Waals surface area contributed by atoms with Crippen molar-refractivity contribution in [3.63, 3.8) is 0 Å². The highest BCUT2D eigenvalue weighted by Crippen LogP contribution is 2.31. The number of nitrogens with zero attached hydrogens (tertiary/aromatic N) is 5. The lowest BCUT2D eigenvalue weighted by Gasteiger charge is -2.44. The molecular formula is C27H35N5O3. The number of carbonyl (C=O) groups is 1. The lowest BCUT2D eigenvalue weighted by molar-refractivity contribution is 0.0130. The second kappa shape index (κ2) is 9.32. The number of benzene rings is 1. The van der Waals surface area contributed by atoms with Crippen LogP contribution in [0, 0.1) is 0 Å². The highest BCUT2D eigenvalue weighted by molar-refractivity contribution is 5.90. The smallest absolute Gasteiger partial charge is 0.410 e. The van der Waals surface area contributed by atoms with E-state index in [-0.39, 0.29) is 29.8 Å². The van der Waals surface area contributed by atoms with E-state index < -0.39 is 5.60 Å². The van der Waals surface area contributed by atoms with Crippen molar-refractivity contribution in [3.8, 4) is 5.69 Å². The molecule has 1 saturated heterocycles. The quantitative estimate of drug-likeness (QED) is 0.542. The van der Waals surface area contributed by atoms with Crippen molar-refractivity contribution in [1.82, 2.24) is 19.4 Å². The van der Waals surface area contributed by atoms with Gasteiger partial charge in [0.2, 0.25) is 0 Å². The van der Waals surface area contributed by atoms with Crippen LogP contribution in [0.25, 0.3) is 16.6 Å². The molecule has 1 amide bonds. The Balaban J connectivity index is 1.77. The summed E-state index contributed by atoms with van der Waals surface area (Å²) in [5, 5.41) is 0.850. The molecule has 3 aromatic rings. The average molecular weight is 478 g/mol. The number of hydrogen-bond acceptors (Lipinski definition) is 6. The first-order chi connectivity index (χ1) is 16.5. The molecule has 2 aromatic heterocycles. The molecule has 0 unspecified atom stereocenters. The van der Waals surface area contributed by atoms with Crippen LogP contribution in [-0.2, 0) is 4.74 Å². The number of pyridine rings is 1. The van der Waals surface area contributed by atoms with E-state index in [0.29, 0.717) is 24.4 Å². The van der Waals surface area contributed by atoms with Gasteiger partial charge in [0.1, 0.15) is 11.4 Å². The highest BCUT2D eigenvalue weighted by atomic mass is 16.6. The van der Waals surface area contributed by atoms with Crippen LogP contribution in [0.3, 0.4) is 0 Å². The van der Waals surface area contributed by atoms with Gasteiger partial charge in [-0.1, -0.05) is 32.0 Å². The number of amides is 1. The monoisotopic (exact) mass is 477 g/mol. The predicted octanol–water partition coefficient (Wildman–Crippen LogP) is 4.74. The lowest BCUT2D eigenvalue weighted by atomic mass is 10.0. The second-order valence-corrected chi connectivity index (χ2v) is 10.6. The van der Waals surface area contributed by atoms with Gasteiger partial charge < -0.3 is 14.5 Å². The van der Waals surface area contributed by atoms with Crippen molar-refractivity contribution >= 4 is 22.8 Å². The summed E-state index contributed by atoms with van der Waals surface area (Å²) >= 11 is 0. The number of piperazine rings is 1. The van der Waals surface area contributed by atoms with Crippen LogP contribution >= 0.6 is 0 Å². The molecule has 0 N–H and O–H groups in total. The van der Waals surface area contributed by atoms with E-state index in [1.54, 1.807) is 21.9 Å². The fourth-order valence-corrected chi connectivity index (χ4v) is 4.68. The van der Waals surface area contributed by atoms with Crippen LogP contribution < -0.4 is 10.6 Å². The van der Waals surface area contributed by atoms with Crippen LogP contribution in [0.15, 0.2) is 47.5 Å². The summed E-state index contributed by atoms with van der Waals surface area (Å²) in [5.74, 6) is 0.861. The number of para-hydroxylation sites is 1. The molecule has 0 aliphatic carbocycles. The molecular weight excluding hydrogens is 442 g/mol. The van der Waals surface area contributed by atoms with E-state index in [9.17, 15) is 9.59 Å². The van der Waals surface area contributed by atoms with Gasteiger partial charge >= 0.3 is 11.8 Å². The maximum Gasteiger partial charge on any atom is 0.410 e. The lowest BCUT2D eigenvalue weighted by Crippen LogP contribution is -2.59. The minimum atomic E-state index is -0.557. The molecule has 8 nitrogen and oxygen atoms in total. The topological polar surface area (TPSA) is 80.6 Å². The predicted molar refractivity (Wildman–Crippen MR) is 138 cm³/mol. The second-order valence-electron chi connectivity index (χ2n) is 10.6. The summed E-state index contributed by atoms with van der Waals surface area (Å²) in [6, 6.07) is 9.66. The Kier molecular flexibility index (Phi) is 6.58. The Morgan fingerprint density at radius 2 is 1.80 bits per heavy atom. The molecule has 1 fully saturated rings. The molecule has 35 heavy (non-hydrogen) atoms. The van der Waals surface area contributed by atoms with Gasteiger partial charge in [-0.2, -0.15) is 4.98 Å². The summed E-state index contributed by atoms with van der Waals surface area (Å²) in [6.07, 6.45) is 3.13. The van der Waals surface area contributed by atoms with Crippen LogP contribution in [0.2, 0.25) is 0 Å². The Bertz CT molecular complexity index is 1290. The van der Waals surface area contributed by atoms with Crippen LogP contribution in [0.1, 0.15) is 59.9 Å². The molecule has 0 bridgehead atoms. The van der Waals surface area contributed by atoms with Gasteiger partial charge in [-0.25, -0.2) is 9.59 Å². The molecule has 8 heteroatoms. The number of carbonyl (C=O) groups excluding carboxylic acids is 1. The van der Waals surface area contributed by atoms with Crippen LogP contribution in [0.4, 0.5) is 10.6 Å². The van der Waals surface area contributed by atoms with E-state index in [1.165, 1.54) is 0 Å². The third-order valence-corrected chi connectivity index (χ3v) is 6.36. The van der Waals surface area contributed by atoms with Gasteiger partial charge in [0.15, 0.2) is 0 Å². The fraction of sp³-hybridized carbons (Fsp3) is 0.481. The van der Waals surface area contributed by atoms with Gasteiger partial charge in [-0.15, -0.1) is 0 Å². The normalized spacial score (nSPS) is 18.9. The molecule has 1 aliphatic rings. The molecule has 3 heterocycles. The van der Waals surface area contributed by atoms with Crippen molar-refractivity contribution < 1.29 is 9.53 Å². The minimum absolute atomic E-state index is 0.0548. The molecule has 0 spiro atoms. The summed E-state index contributed by atoms with van der Waals surface area (Å²) in [5.41, 5.74) is 1.70. The number of ether oxygens (including phenoxy) is 1. The SMILES string of the molecule is CC(C)c1ccccc1-n1c(=O)nc(N2C[C@@H](C)N(C(=O)OC(C)(C)C)C[C@@H]2C)c2ccncc21. The van der Waals surface area contributed by atoms with Gasteiger partial charge in [-0.3, -0.25) is 9.55 Å². The van der Waals surface area contributed by atoms with E-state index >= 15 is 0 Å². The van der Waals surface area contributed by atoms with Gasteiger partial charge in [0.25, 0.3) is 0 Å². The maximum absolute atomic E-state index is 13.5. The first-order valence-corrected chi connectivity index (χ1v) is 12.2. The number of anilines is 1. The fourth-order valence-electron chi connectivity index (χ4n) is 4.68. The minimum Gasteiger partial charge on any atom is -0.444 e. The summed E-state index contributed by atoms with van der Waals surface area (Å²) in [6.45, 7) is 14.9. The molecule has 1 aromatic carbocycles. The molecule has 186 valence electrons. The van der Waals surface area contributed by atoms with E-state index in [1.807, 2.05) is 65.0 Å². The Morgan fingerprint density at radius 1 is 1.09 bits per heavy atom. The van der Waals surface area contributed by atoms with E-state index in [4.69, 9.17) is 4.74 Å². The number of aromatic nitrogens is 3. The van der Waals surface area contributed by atoms with Gasteiger partial charge in [0, 0.05) is 36.8 Å². The van der Waals surface area contributed by atoms with Crippen molar-refractivity contribution in [2.75, 3.05) is 18.0 Å². The zero-order valence-corrected chi connectivity index (χ0v) is 21.6.